The third kappa shape index (κ3) is 2.42. The lowest BCUT2D eigenvalue weighted by molar-refractivity contribution is 0.103. The van der Waals surface area contributed by atoms with E-state index in [0.29, 0.717) is 17.4 Å². The molecule has 0 aliphatic carbocycles. The maximum Gasteiger partial charge on any atom is 0.193 e. The minimum Gasteiger partial charge on any atom is -0.397 e. The van der Waals surface area contributed by atoms with Gasteiger partial charge < -0.3 is 5.73 Å². The van der Waals surface area contributed by atoms with Gasteiger partial charge in [0.2, 0.25) is 0 Å². The summed E-state index contributed by atoms with van der Waals surface area (Å²) < 4.78 is 12.9. The third-order valence-corrected chi connectivity index (χ3v) is 3.55. The number of hydrogen-bond donors (Lipinski definition) is 1. The fraction of sp³-hybridized carbons (Fsp3) is 0.0667. The molecule has 3 nitrogen and oxygen atoms in total. The molecule has 0 aliphatic heterocycles. The number of ketones is 1. The highest BCUT2D eigenvalue weighted by Gasteiger charge is 2.18. The van der Waals surface area contributed by atoms with Crippen LogP contribution in [0.1, 0.15) is 31.8 Å². The van der Waals surface area contributed by atoms with Crippen LogP contribution in [0.2, 0.25) is 5.02 Å². The summed E-state index contributed by atoms with van der Waals surface area (Å²) in [5.41, 5.74) is 7.08. The van der Waals surface area contributed by atoms with Crippen molar-refractivity contribution in [2.75, 3.05) is 5.73 Å². The second-order valence-electron chi connectivity index (χ2n) is 4.32. The lowest BCUT2D eigenvalue weighted by atomic mass is 9.96. The Morgan fingerprint density at radius 3 is 2.45 bits per heavy atom. The summed E-state index contributed by atoms with van der Waals surface area (Å²) in [5.74, 6) is -0.769. The predicted molar refractivity (Wildman–Crippen MR) is 75.8 cm³/mol. The number of benzene rings is 2. The van der Waals surface area contributed by atoms with Crippen LogP contribution in [0.25, 0.3) is 0 Å². The Morgan fingerprint density at radius 1 is 1.30 bits per heavy atom. The van der Waals surface area contributed by atoms with E-state index < -0.39 is 5.82 Å². The number of carbonyl (C=O) groups is 2. The highest BCUT2D eigenvalue weighted by Crippen LogP contribution is 2.30. The molecule has 2 aromatic carbocycles. The number of halogens is 2. The van der Waals surface area contributed by atoms with Crippen molar-refractivity contribution in [3.05, 3.63) is 63.4 Å². The van der Waals surface area contributed by atoms with Crippen molar-refractivity contribution in [2.45, 2.75) is 6.92 Å². The Hall–Kier alpha value is -2.20. The van der Waals surface area contributed by atoms with Gasteiger partial charge in [0, 0.05) is 16.7 Å². The minimum absolute atomic E-state index is 0.148. The first kappa shape index (κ1) is 14.2. The van der Waals surface area contributed by atoms with E-state index in [1.165, 1.54) is 30.3 Å². The zero-order valence-electron chi connectivity index (χ0n) is 10.6. The van der Waals surface area contributed by atoms with Crippen LogP contribution in [0.4, 0.5) is 10.1 Å². The Kier molecular flexibility index (Phi) is 3.86. The summed E-state index contributed by atoms with van der Waals surface area (Å²) in [5, 5.41) is 0.181. The van der Waals surface area contributed by atoms with E-state index in [9.17, 15) is 14.0 Å². The summed E-state index contributed by atoms with van der Waals surface area (Å²) in [6.07, 6.45) is 0.544. The van der Waals surface area contributed by atoms with E-state index in [-0.39, 0.29) is 27.6 Å². The molecular weight excluding hydrogens is 281 g/mol. The van der Waals surface area contributed by atoms with Crippen molar-refractivity contribution in [3.63, 3.8) is 0 Å². The lowest BCUT2D eigenvalue weighted by Gasteiger charge is -2.11. The standard InChI is InChI=1S/C15H11ClFNO2/c1-8-12(6-10(7-19)14(18)13(8)16)15(20)9-2-4-11(17)5-3-9/h2-7H,18H2,1H3. The first-order valence-corrected chi connectivity index (χ1v) is 6.17. The smallest absolute Gasteiger partial charge is 0.193 e. The van der Waals surface area contributed by atoms with Gasteiger partial charge in [0.1, 0.15) is 5.82 Å². The van der Waals surface area contributed by atoms with Crippen LogP contribution in [0.3, 0.4) is 0 Å². The van der Waals surface area contributed by atoms with Crippen LogP contribution in [0, 0.1) is 12.7 Å². The quantitative estimate of drug-likeness (QED) is 0.535. The van der Waals surface area contributed by atoms with Gasteiger partial charge >= 0.3 is 0 Å². The average molecular weight is 292 g/mol. The van der Waals surface area contributed by atoms with Gasteiger partial charge in [0.05, 0.1) is 10.7 Å². The Morgan fingerprint density at radius 2 is 1.90 bits per heavy atom. The van der Waals surface area contributed by atoms with Crippen LogP contribution in [0.15, 0.2) is 30.3 Å². The third-order valence-electron chi connectivity index (χ3n) is 3.06. The van der Waals surface area contributed by atoms with Crippen LogP contribution in [0.5, 0.6) is 0 Å². The molecule has 5 heteroatoms. The molecule has 20 heavy (non-hydrogen) atoms. The zero-order chi connectivity index (χ0) is 14.9. The molecule has 0 aromatic heterocycles. The number of nitrogens with two attached hydrogens (primary N) is 1. The van der Waals surface area contributed by atoms with Gasteiger partial charge in [-0.2, -0.15) is 0 Å². The molecule has 0 atom stereocenters. The fourth-order valence-corrected chi connectivity index (χ4v) is 2.09. The topological polar surface area (TPSA) is 60.2 Å². The van der Waals surface area contributed by atoms with E-state index in [0.717, 1.165) is 0 Å². The molecular formula is C15H11ClFNO2. The molecule has 0 saturated carbocycles. The first-order valence-electron chi connectivity index (χ1n) is 5.79. The van der Waals surface area contributed by atoms with Gasteiger partial charge in [0.15, 0.2) is 12.1 Å². The fourth-order valence-electron chi connectivity index (χ4n) is 1.88. The normalized spacial score (nSPS) is 10.3. The van der Waals surface area contributed by atoms with Crippen molar-refractivity contribution in [1.82, 2.24) is 0 Å². The number of hydrogen-bond acceptors (Lipinski definition) is 3. The zero-order valence-corrected chi connectivity index (χ0v) is 11.4. The summed E-state index contributed by atoms with van der Waals surface area (Å²) in [6, 6.07) is 6.55. The van der Waals surface area contributed by atoms with Crippen molar-refractivity contribution in [1.29, 1.82) is 0 Å². The molecule has 0 saturated heterocycles. The van der Waals surface area contributed by atoms with Crippen LogP contribution < -0.4 is 5.73 Å². The molecule has 2 rings (SSSR count). The predicted octanol–water partition coefficient (Wildman–Crippen LogP) is 3.41. The Balaban J connectivity index is 2.57. The molecule has 0 unspecified atom stereocenters. The van der Waals surface area contributed by atoms with Crippen LogP contribution in [-0.2, 0) is 0 Å². The average Bonchev–Trinajstić information content (AvgIpc) is 2.45. The second kappa shape index (κ2) is 5.43. The Bertz CT molecular complexity index is 696. The molecule has 2 N–H and O–H groups in total. The van der Waals surface area contributed by atoms with E-state index in [1.807, 2.05) is 0 Å². The number of nitrogen functional groups attached to an aromatic ring is 1. The van der Waals surface area contributed by atoms with Crippen molar-refractivity contribution < 1.29 is 14.0 Å². The van der Waals surface area contributed by atoms with Gasteiger partial charge in [-0.25, -0.2) is 4.39 Å². The minimum atomic E-state index is -0.429. The molecule has 2 aromatic rings. The van der Waals surface area contributed by atoms with Gasteiger partial charge in [-0.3, -0.25) is 9.59 Å². The maximum atomic E-state index is 12.9. The molecule has 0 fully saturated rings. The summed E-state index contributed by atoms with van der Waals surface area (Å²) >= 11 is 6.03. The van der Waals surface area contributed by atoms with Gasteiger partial charge in [0.25, 0.3) is 0 Å². The van der Waals surface area contributed by atoms with Gasteiger partial charge in [-0.05, 0) is 42.8 Å². The van der Waals surface area contributed by atoms with E-state index in [1.54, 1.807) is 6.92 Å². The SMILES string of the molecule is Cc1c(C(=O)c2ccc(F)cc2)cc(C=O)c(N)c1Cl. The van der Waals surface area contributed by atoms with E-state index in [2.05, 4.69) is 0 Å². The first-order chi connectivity index (χ1) is 9.45. The molecule has 0 aliphatic rings. The van der Waals surface area contributed by atoms with Crippen molar-refractivity contribution >= 4 is 29.4 Å². The van der Waals surface area contributed by atoms with E-state index >= 15 is 0 Å². The van der Waals surface area contributed by atoms with Gasteiger partial charge in [-0.15, -0.1) is 0 Å². The van der Waals surface area contributed by atoms with Crippen LogP contribution in [-0.4, -0.2) is 12.1 Å². The second-order valence-corrected chi connectivity index (χ2v) is 4.70. The van der Waals surface area contributed by atoms with Crippen molar-refractivity contribution in [3.8, 4) is 0 Å². The summed E-state index contributed by atoms with van der Waals surface area (Å²) in [4.78, 5) is 23.3. The number of aldehydes is 1. The van der Waals surface area contributed by atoms with E-state index in [4.69, 9.17) is 17.3 Å². The monoisotopic (exact) mass is 291 g/mol. The largest absolute Gasteiger partial charge is 0.397 e. The van der Waals surface area contributed by atoms with Crippen molar-refractivity contribution in [2.24, 2.45) is 0 Å². The van der Waals surface area contributed by atoms with Gasteiger partial charge in [-0.1, -0.05) is 11.6 Å². The molecule has 0 bridgehead atoms. The van der Waals surface area contributed by atoms with Crippen LogP contribution >= 0.6 is 11.6 Å². The molecule has 0 spiro atoms. The molecule has 0 radical (unpaired) electrons. The number of rotatable bonds is 3. The highest BCUT2D eigenvalue weighted by molar-refractivity contribution is 6.35. The maximum absolute atomic E-state index is 12.9. The summed E-state index contributed by atoms with van der Waals surface area (Å²) in [6.45, 7) is 1.64. The number of anilines is 1. The highest BCUT2D eigenvalue weighted by atomic mass is 35.5. The molecule has 102 valence electrons. The Labute approximate surface area is 120 Å². The number of carbonyl (C=O) groups excluding carboxylic acids is 2. The lowest BCUT2D eigenvalue weighted by Crippen LogP contribution is -2.07. The molecule has 0 amide bonds. The summed E-state index contributed by atoms with van der Waals surface area (Å²) in [7, 11) is 0. The molecule has 0 heterocycles.